The molecule has 0 N–H and O–H groups in total. The minimum Gasteiger partial charge on any atom is -0.480 e. The van der Waals surface area contributed by atoms with Crippen LogP contribution in [0.15, 0.2) is 16.6 Å². The molecule has 2 heterocycles. The smallest absolute Gasteiger partial charge is 0.228 e. The summed E-state index contributed by atoms with van der Waals surface area (Å²) >= 11 is 4.74. The number of fused-ring (bicyclic) bond motifs is 1. The Kier molecular flexibility index (Phi) is 4.31. The second-order valence-electron chi connectivity index (χ2n) is 4.10. The van der Waals surface area contributed by atoms with Crippen LogP contribution in [-0.4, -0.2) is 23.7 Å². The van der Waals surface area contributed by atoms with E-state index < -0.39 is 0 Å². The molecule has 0 aliphatic heterocycles. The van der Waals surface area contributed by atoms with Crippen molar-refractivity contribution in [2.45, 2.75) is 19.8 Å². The van der Waals surface area contributed by atoms with Crippen molar-refractivity contribution in [1.29, 1.82) is 0 Å². The number of Topliss-reactive ketones (excluding diaryl/α,β-unsaturated/α-hetero) is 2. The van der Waals surface area contributed by atoms with E-state index in [1.165, 1.54) is 18.3 Å². The number of rotatable bonds is 5. The number of hydrogen-bond acceptors (Lipinski definition) is 5. The number of nitrogens with zero attached hydrogens (tertiary/aromatic N) is 1. The molecule has 100 valence electrons. The first-order valence-corrected chi connectivity index (χ1v) is 7.29. The third-order valence-corrected chi connectivity index (χ3v) is 4.28. The Balaban J connectivity index is 2.31. The van der Waals surface area contributed by atoms with Gasteiger partial charge in [0.1, 0.15) is 5.78 Å². The fourth-order valence-corrected chi connectivity index (χ4v) is 3.26. The number of halogens is 1. The fourth-order valence-electron chi connectivity index (χ4n) is 1.62. The van der Waals surface area contributed by atoms with Crippen molar-refractivity contribution in [3.05, 3.63) is 21.5 Å². The average molecular weight is 342 g/mol. The van der Waals surface area contributed by atoms with Crippen LogP contribution in [-0.2, 0) is 4.79 Å². The zero-order valence-corrected chi connectivity index (χ0v) is 12.9. The van der Waals surface area contributed by atoms with E-state index in [1.54, 1.807) is 13.2 Å². The summed E-state index contributed by atoms with van der Waals surface area (Å²) in [4.78, 5) is 27.8. The van der Waals surface area contributed by atoms with E-state index in [2.05, 4.69) is 20.9 Å². The predicted octanol–water partition coefficient (Wildman–Crippen LogP) is 3.62. The van der Waals surface area contributed by atoms with Crippen molar-refractivity contribution in [3.8, 4) is 5.88 Å². The van der Waals surface area contributed by atoms with Gasteiger partial charge in [-0.2, -0.15) is 0 Å². The Morgan fingerprint density at radius 3 is 2.74 bits per heavy atom. The van der Waals surface area contributed by atoms with E-state index in [4.69, 9.17) is 4.74 Å². The van der Waals surface area contributed by atoms with Gasteiger partial charge in [-0.3, -0.25) is 4.79 Å². The number of ether oxygens (including phenoxy) is 1. The van der Waals surface area contributed by atoms with Crippen LogP contribution >= 0.6 is 27.3 Å². The molecule has 0 aliphatic carbocycles. The van der Waals surface area contributed by atoms with Crippen LogP contribution in [0.3, 0.4) is 0 Å². The van der Waals surface area contributed by atoms with Crippen LogP contribution in [0, 0.1) is 0 Å². The van der Waals surface area contributed by atoms with E-state index in [-0.39, 0.29) is 24.4 Å². The van der Waals surface area contributed by atoms with Gasteiger partial charge in [0.25, 0.3) is 0 Å². The van der Waals surface area contributed by atoms with Crippen molar-refractivity contribution < 1.29 is 14.3 Å². The van der Waals surface area contributed by atoms with Gasteiger partial charge in [-0.1, -0.05) is 0 Å². The number of hydrogen-bond donors (Lipinski definition) is 0. The van der Waals surface area contributed by atoms with Crippen LogP contribution in [0.5, 0.6) is 5.88 Å². The number of carbonyl (C=O) groups excluding carboxylic acids is 2. The maximum absolute atomic E-state index is 11.9. The number of aromatic nitrogens is 1. The lowest BCUT2D eigenvalue weighted by molar-refractivity contribution is -0.116. The average Bonchev–Trinajstić information content (AvgIpc) is 2.77. The first-order chi connectivity index (χ1) is 9.01. The highest BCUT2D eigenvalue weighted by Crippen LogP contribution is 2.32. The molecule has 4 nitrogen and oxygen atoms in total. The lowest BCUT2D eigenvalue weighted by Gasteiger charge is -2.00. The molecule has 0 spiro atoms. The third kappa shape index (κ3) is 3.19. The number of carbonyl (C=O) groups is 2. The molecule has 2 rings (SSSR count). The molecule has 0 amide bonds. The van der Waals surface area contributed by atoms with Gasteiger partial charge in [0, 0.05) is 12.8 Å². The third-order valence-electron chi connectivity index (χ3n) is 2.60. The lowest BCUT2D eigenvalue weighted by atomic mass is 10.1. The molecular weight excluding hydrogens is 330 g/mol. The highest BCUT2D eigenvalue weighted by molar-refractivity contribution is 9.10. The quantitative estimate of drug-likeness (QED) is 0.779. The summed E-state index contributed by atoms with van der Waals surface area (Å²) in [5.41, 5.74) is 0.733. The summed E-state index contributed by atoms with van der Waals surface area (Å²) in [6.45, 7) is 1.49. The van der Waals surface area contributed by atoms with Gasteiger partial charge in [0.05, 0.1) is 26.7 Å². The summed E-state index contributed by atoms with van der Waals surface area (Å²) in [5, 5.41) is 0. The number of pyridine rings is 1. The normalized spacial score (nSPS) is 10.7. The minimum absolute atomic E-state index is 0.0201. The molecule has 2 aromatic heterocycles. The summed E-state index contributed by atoms with van der Waals surface area (Å²) in [7, 11) is 1.55. The molecule has 0 unspecified atom stereocenters. The fraction of sp³-hybridized carbons (Fsp3) is 0.308. The Labute approximate surface area is 122 Å². The molecule has 0 aromatic carbocycles. The van der Waals surface area contributed by atoms with Crippen molar-refractivity contribution in [2.24, 2.45) is 0 Å². The molecule has 0 radical (unpaired) electrons. The molecule has 0 fully saturated rings. The summed E-state index contributed by atoms with van der Waals surface area (Å²) in [6.07, 6.45) is 0.536. The van der Waals surface area contributed by atoms with Crippen LogP contribution in [0.4, 0.5) is 0 Å². The van der Waals surface area contributed by atoms with E-state index in [0.29, 0.717) is 10.8 Å². The number of methoxy groups -OCH3 is 1. The van der Waals surface area contributed by atoms with Crippen LogP contribution in [0.2, 0.25) is 0 Å². The van der Waals surface area contributed by atoms with Crippen LogP contribution in [0.1, 0.15) is 29.4 Å². The zero-order valence-electron chi connectivity index (χ0n) is 10.5. The highest BCUT2D eigenvalue weighted by atomic mass is 79.9. The van der Waals surface area contributed by atoms with E-state index in [1.807, 2.05) is 6.07 Å². The molecular formula is C13H12BrNO3S. The summed E-state index contributed by atoms with van der Waals surface area (Å²) in [6, 6.07) is 3.63. The van der Waals surface area contributed by atoms with Gasteiger partial charge in [0.15, 0.2) is 5.78 Å². The number of ketones is 2. The topological polar surface area (TPSA) is 56.3 Å². The monoisotopic (exact) mass is 341 g/mol. The van der Waals surface area contributed by atoms with Gasteiger partial charge in [-0.25, -0.2) is 4.98 Å². The molecule has 0 aliphatic rings. The summed E-state index contributed by atoms with van der Waals surface area (Å²) in [5.74, 6) is 0.498. The Hall–Kier alpha value is -1.27. The zero-order chi connectivity index (χ0) is 14.0. The SMILES string of the molecule is COc1nc2cc(C(=O)CCC(C)=O)sc2cc1Br. The molecule has 0 atom stereocenters. The van der Waals surface area contributed by atoms with E-state index in [9.17, 15) is 9.59 Å². The second kappa shape index (κ2) is 5.79. The molecule has 6 heteroatoms. The first-order valence-electron chi connectivity index (χ1n) is 5.68. The van der Waals surface area contributed by atoms with Gasteiger partial charge >= 0.3 is 0 Å². The van der Waals surface area contributed by atoms with Crippen molar-refractivity contribution >= 4 is 49.0 Å². The maximum atomic E-state index is 11.9. The van der Waals surface area contributed by atoms with Gasteiger partial charge < -0.3 is 9.53 Å². The standard InChI is InChI=1S/C13H12BrNO3S/c1-7(16)3-4-10(17)12-6-9-11(19-12)5-8(14)13(15-9)18-2/h5-6H,3-4H2,1-2H3. The Bertz CT molecular complexity index is 651. The summed E-state index contributed by atoms with van der Waals surface area (Å²) < 4.78 is 6.79. The molecule has 0 saturated carbocycles. The largest absolute Gasteiger partial charge is 0.480 e. The van der Waals surface area contributed by atoms with E-state index in [0.717, 1.165) is 14.7 Å². The molecule has 2 aromatic rings. The van der Waals surface area contributed by atoms with Gasteiger partial charge in [0.2, 0.25) is 5.88 Å². The Morgan fingerprint density at radius 2 is 2.11 bits per heavy atom. The van der Waals surface area contributed by atoms with E-state index >= 15 is 0 Å². The van der Waals surface area contributed by atoms with Crippen molar-refractivity contribution in [1.82, 2.24) is 4.98 Å². The first kappa shape index (κ1) is 14.1. The van der Waals surface area contributed by atoms with Gasteiger partial charge in [-0.15, -0.1) is 11.3 Å². The highest BCUT2D eigenvalue weighted by Gasteiger charge is 2.14. The number of thiophene rings is 1. The van der Waals surface area contributed by atoms with Crippen LogP contribution in [0.25, 0.3) is 10.2 Å². The second-order valence-corrected chi connectivity index (χ2v) is 6.04. The lowest BCUT2D eigenvalue weighted by Crippen LogP contribution is -1.99. The predicted molar refractivity (Wildman–Crippen MR) is 78.1 cm³/mol. The van der Waals surface area contributed by atoms with Crippen LogP contribution < -0.4 is 4.74 Å². The van der Waals surface area contributed by atoms with Crippen molar-refractivity contribution in [2.75, 3.05) is 7.11 Å². The Morgan fingerprint density at radius 1 is 1.37 bits per heavy atom. The van der Waals surface area contributed by atoms with Crippen molar-refractivity contribution in [3.63, 3.8) is 0 Å². The molecule has 19 heavy (non-hydrogen) atoms. The maximum Gasteiger partial charge on any atom is 0.228 e. The van der Waals surface area contributed by atoms with Gasteiger partial charge in [-0.05, 0) is 35.0 Å². The minimum atomic E-state index is -0.0201. The molecule has 0 bridgehead atoms. The molecule has 0 saturated heterocycles.